The van der Waals surface area contributed by atoms with Gasteiger partial charge in [-0.3, -0.25) is 4.79 Å². The lowest BCUT2D eigenvalue weighted by molar-refractivity contribution is -0.122. The van der Waals surface area contributed by atoms with Gasteiger partial charge < -0.3 is 5.32 Å². The lowest BCUT2D eigenvalue weighted by atomic mass is 9.74. The van der Waals surface area contributed by atoms with Crippen molar-refractivity contribution >= 4 is 17.5 Å². The number of hydrogen-bond donors (Lipinski definition) is 1. The van der Waals surface area contributed by atoms with Gasteiger partial charge in [0.1, 0.15) is 0 Å². The van der Waals surface area contributed by atoms with E-state index in [1.165, 1.54) is 12.8 Å². The summed E-state index contributed by atoms with van der Waals surface area (Å²) < 4.78 is 0. The Bertz CT molecular complexity index is 230. The molecule has 0 aliphatic heterocycles. The van der Waals surface area contributed by atoms with Crippen molar-refractivity contribution in [2.75, 3.05) is 5.88 Å². The van der Waals surface area contributed by atoms with Crippen molar-refractivity contribution in [2.24, 2.45) is 17.8 Å². The molecule has 0 aromatic rings. The Morgan fingerprint density at radius 1 is 1.44 bits per heavy atom. The molecule has 1 amide bonds. The van der Waals surface area contributed by atoms with Crippen LogP contribution in [-0.4, -0.2) is 17.8 Å². The molecular formula is C13H24ClNO. The van der Waals surface area contributed by atoms with Crippen LogP contribution >= 0.6 is 11.6 Å². The average Bonchev–Trinajstić information content (AvgIpc) is 2.17. The lowest BCUT2D eigenvalue weighted by Gasteiger charge is -2.37. The minimum absolute atomic E-state index is 0.111. The van der Waals surface area contributed by atoms with E-state index in [1.54, 1.807) is 0 Å². The lowest BCUT2D eigenvalue weighted by Crippen LogP contribution is -2.45. The van der Waals surface area contributed by atoms with E-state index in [-0.39, 0.29) is 5.91 Å². The van der Waals surface area contributed by atoms with Gasteiger partial charge in [-0.05, 0) is 30.6 Å². The first kappa shape index (κ1) is 13.8. The zero-order valence-electron chi connectivity index (χ0n) is 10.6. The quantitative estimate of drug-likeness (QED) is 0.758. The molecule has 0 bridgehead atoms. The minimum atomic E-state index is 0.111. The van der Waals surface area contributed by atoms with Crippen molar-refractivity contribution in [3.63, 3.8) is 0 Å². The Morgan fingerprint density at radius 2 is 2.12 bits per heavy atom. The summed E-state index contributed by atoms with van der Waals surface area (Å²) in [5.41, 5.74) is 0. The van der Waals surface area contributed by atoms with E-state index in [0.717, 1.165) is 12.3 Å². The highest BCUT2D eigenvalue weighted by Crippen LogP contribution is 2.33. The monoisotopic (exact) mass is 245 g/mol. The molecule has 0 radical (unpaired) electrons. The second-order valence-electron chi connectivity index (χ2n) is 5.44. The molecule has 2 nitrogen and oxygen atoms in total. The summed E-state index contributed by atoms with van der Waals surface area (Å²) in [6.45, 7) is 6.78. The summed E-state index contributed by atoms with van der Waals surface area (Å²) in [4.78, 5) is 11.6. The molecule has 3 heteroatoms. The molecule has 1 fully saturated rings. The fraction of sp³-hybridized carbons (Fsp3) is 0.923. The maximum absolute atomic E-state index is 11.6. The van der Waals surface area contributed by atoms with Crippen molar-refractivity contribution in [2.45, 2.75) is 52.5 Å². The van der Waals surface area contributed by atoms with Gasteiger partial charge in [-0.1, -0.05) is 27.2 Å². The maximum atomic E-state index is 11.6. The van der Waals surface area contributed by atoms with Crippen molar-refractivity contribution < 1.29 is 4.79 Å². The molecule has 0 heterocycles. The zero-order valence-corrected chi connectivity index (χ0v) is 11.4. The van der Waals surface area contributed by atoms with Crippen molar-refractivity contribution in [1.29, 1.82) is 0 Å². The average molecular weight is 246 g/mol. The minimum Gasteiger partial charge on any atom is -0.353 e. The Labute approximate surface area is 104 Å². The van der Waals surface area contributed by atoms with Crippen LogP contribution in [0.5, 0.6) is 0 Å². The Kier molecular flexibility index (Phi) is 5.60. The molecule has 0 aromatic heterocycles. The highest BCUT2D eigenvalue weighted by atomic mass is 35.5. The highest BCUT2D eigenvalue weighted by Gasteiger charge is 2.31. The Balaban J connectivity index is 2.54. The van der Waals surface area contributed by atoms with E-state index in [9.17, 15) is 4.79 Å². The largest absolute Gasteiger partial charge is 0.353 e. The van der Waals surface area contributed by atoms with E-state index >= 15 is 0 Å². The van der Waals surface area contributed by atoms with Crippen LogP contribution in [0.3, 0.4) is 0 Å². The second kappa shape index (κ2) is 6.48. The van der Waals surface area contributed by atoms with Gasteiger partial charge in [-0.2, -0.15) is 0 Å². The van der Waals surface area contributed by atoms with Crippen LogP contribution in [0.4, 0.5) is 0 Å². The predicted octanol–water partition coefficient (Wildman–Crippen LogP) is 3.19. The van der Waals surface area contributed by atoms with Crippen LogP contribution < -0.4 is 5.32 Å². The third-order valence-electron chi connectivity index (χ3n) is 3.69. The number of carbonyl (C=O) groups excluding carboxylic acids is 1. The molecule has 1 aliphatic carbocycles. The summed E-state index contributed by atoms with van der Waals surface area (Å²) in [5.74, 6) is 2.54. The van der Waals surface area contributed by atoms with Crippen molar-refractivity contribution in [1.82, 2.24) is 5.32 Å². The highest BCUT2D eigenvalue weighted by molar-refractivity contribution is 6.18. The SMILES string of the molecule is CC1CCC(C(C)C)C(NC(=O)CCCl)C1. The van der Waals surface area contributed by atoms with E-state index in [0.29, 0.717) is 30.2 Å². The van der Waals surface area contributed by atoms with Crippen LogP contribution in [0, 0.1) is 17.8 Å². The molecule has 16 heavy (non-hydrogen) atoms. The third-order valence-corrected chi connectivity index (χ3v) is 3.88. The number of carbonyl (C=O) groups is 1. The van der Waals surface area contributed by atoms with Crippen molar-refractivity contribution in [3.05, 3.63) is 0 Å². The Hall–Kier alpha value is -0.240. The molecule has 3 unspecified atom stereocenters. The van der Waals surface area contributed by atoms with E-state index < -0.39 is 0 Å². The molecule has 1 aliphatic rings. The number of hydrogen-bond acceptors (Lipinski definition) is 1. The van der Waals surface area contributed by atoms with Gasteiger partial charge in [-0.25, -0.2) is 0 Å². The number of alkyl halides is 1. The van der Waals surface area contributed by atoms with Gasteiger partial charge in [0, 0.05) is 18.3 Å². The summed E-state index contributed by atoms with van der Waals surface area (Å²) in [5, 5.41) is 3.16. The normalized spacial score (nSPS) is 30.4. The second-order valence-corrected chi connectivity index (χ2v) is 5.82. The maximum Gasteiger partial charge on any atom is 0.221 e. The summed E-state index contributed by atoms with van der Waals surface area (Å²) in [6.07, 6.45) is 4.10. The van der Waals surface area contributed by atoms with Crippen LogP contribution in [0.2, 0.25) is 0 Å². The molecule has 1 rings (SSSR count). The summed E-state index contributed by atoms with van der Waals surface area (Å²) in [6, 6.07) is 0.361. The molecular weight excluding hydrogens is 222 g/mol. The van der Waals surface area contributed by atoms with Gasteiger partial charge in [0.25, 0.3) is 0 Å². The van der Waals surface area contributed by atoms with Crippen LogP contribution in [-0.2, 0) is 4.79 Å². The topological polar surface area (TPSA) is 29.1 Å². The van der Waals surface area contributed by atoms with E-state index in [4.69, 9.17) is 11.6 Å². The molecule has 94 valence electrons. The first-order valence-corrected chi connectivity index (χ1v) is 6.93. The first-order valence-electron chi connectivity index (χ1n) is 6.40. The fourth-order valence-corrected chi connectivity index (χ4v) is 2.90. The van der Waals surface area contributed by atoms with E-state index in [2.05, 4.69) is 26.1 Å². The molecule has 0 spiro atoms. The number of rotatable bonds is 4. The number of nitrogens with one attached hydrogen (secondary N) is 1. The van der Waals surface area contributed by atoms with Crippen LogP contribution in [0.15, 0.2) is 0 Å². The Morgan fingerprint density at radius 3 is 2.69 bits per heavy atom. The smallest absolute Gasteiger partial charge is 0.221 e. The van der Waals surface area contributed by atoms with Crippen LogP contribution in [0.1, 0.15) is 46.5 Å². The predicted molar refractivity (Wildman–Crippen MR) is 68.6 cm³/mol. The van der Waals surface area contributed by atoms with Crippen molar-refractivity contribution in [3.8, 4) is 0 Å². The molecule has 3 atom stereocenters. The summed E-state index contributed by atoms with van der Waals surface area (Å²) >= 11 is 5.58. The van der Waals surface area contributed by atoms with Gasteiger partial charge >= 0.3 is 0 Å². The summed E-state index contributed by atoms with van der Waals surface area (Å²) in [7, 11) is 0. The third kappa shape index (κ3) is 3.97. The van der Waals surface area contributed by atoms with Gasteiger partial charge in [0.15, 0.2) is 0 Å². The zero-order chi connectivity index (χ0) is 12.1. The first-order chi connectivity index (χ1) is 7.54. The van der Waals surface area contributed by atoms with Gasteiger partial charge in [0.05, 0.1) is 0 Å². The number of amides is 1. The molecule has 0 aromatic carbocycles. The fourth-order valence-electron chi connectivity index (χ4n) is 2.73. The van der Waals surface area contributed by atoms with E-state index in [1.807, 2.05) is 0 Å². The molecule has 1 saturated carbocycles. The molecule has 1 N–H and O–H groups in total. The van der Waals surface area contributed by atoms with Gasteiger partial charge in [0.2, 0.25) is 5.91 Å². The van der Waals surface area contributed by atoms with Crippen LogP contribution in [0.25, 0.3) is 0 Å². The molecule has 0 saturated heterocycles. The standard InChI is InChI=1S/C13H24ClNO/c1-9(2)11-5-4-10(3)8-12(11)15-13(16)6-7-14/h9-12H,4-8H2,1-3H3,(H,15,16). The number of halogens is 1. The van der Waals surface area contributed by atoms with Gasteiger partial charge in [-0.15, -0.1) is 11.6 Å².